The molecule has 42 heavy (non-hydrogen) atoms. The minimum Gasteiger partial charge on any atom is -0.380 e. The number of nitrogens with one attached hydrogen (secondary N) is 1. The molecular weight excluding hydrogens is 514 g/mol. The molecule has 1 aromatic heterocycles. The van der Waals surface area contributed by atoms with Crippen molar-refractivity contribution in [2.24, 2.45) is 0 Å². The summed E-state index contributed by atoms with van der Waals surface area (Å²) in [5, 5.41) is 12.9. The van der Waals surface area contributed by atoms with Gasteiger partial charge in [0.25, 0.3) is 0 Å². The van der Waals surface area contributed by atoms with Gasteiger partial charge in [0.15, 0.2) is 0 Å². The first kappa shape index (κ1) is 30.1. The fraction of sp³-hybridized carbons (Fsp3) is 0.421. The number of hydrogen-bond donors (Lipinski definition) is 1. The summed E-state index contributed by atoms with van der Waals surface area (Å²) < 4.78 is 6.27. The summed E-state index contributed by atoms with van der Waals surface area (Å²) in [4.78, 5) is 0. The number of rotatable bonds is 16. The molecule has 1 fully saturated rings. The molecule has 2 heterocycles. The van der Waals surface area contributed by atoms with Crippen LogP contribution in [-0.4, -0.2) is 36.0 Å². The van der Waals surface area contributed by atoms with Crippen LogP contribution in [0.5, 0.6) is 0 Å². The Morgan fingerprint density at radius 1 is 0.738 bits per heavy atom. The van der Waals surface area contributed by atoms with Crippen molar-refractivity contribution in [1.82, 2.24) is 15.5 Å². The number of hydrogen-bond acceptors (Lipinski definition) is 4. The third kappa shape index (κ3) is 8.59. The lowest BCUT2D eigenvalue weighted by Crippen LogP contribution is -2.31. The predicted octanol–water partition coefficient (Wildman–Crippen LogP) is 8.81. The topological polar surface area (TPSA) is 47.0 Å². The van der Waals surface area contributed by atoms with Gasteiger partial charge in [-0.05, 0) is 61.4 Å². The minimum absolute atomic E-state index is 0.376. The Morgan fingerprint density at radius 3 is 2.21 bits per heavy atom. The molecule has 0 bridgehead atoms. The lowest BCUT2D eigenvalue weighted by molar-refractivity contribution is 0.110. The summed E-state index contributed by atoms with van der Waals surface area (Å²) in [6.45, 7) is 4.82. The summed E-state index contributed by atoms with van der Waals surface area (Å²) in [6, 6.07) is 32.7. The van der Waals surface area contributed by atoms with Gasteiger partial charge in [-0.1, -0.05) is 124 Å². The first-order chi connectivity index (χ1) is 20.8. The Kier molecular flexibility index (Phi) is 11.7. The first-order valence-corrected chi connectivity index (χ1v) is 16.2. The van der Waals surface area contributed by atoms with E-state index in [2.05, 4.69) is 89.2 Å². The van der Waals surface area contributed by atoms with Crippen molar-refractivity contribution in [3.63, 3.8) is 0 Å². The molecule has 3 aromatic carbocycles. The lowest BCUT2D eigenvalue weighted by Gasteiger charge is -2.20. The van der Waals surface area contributed by atoms with E-state index in [4.69, 9.17) is 4.74 Å². The Hall–Kier alpha value is -3.34. The zero-order chi connectivity index (χ0) is 28.8. The summed E-state index contributed by atoms with van der Waals surface area (Å²) in [7, 11) is 0. The highest BCUT2D eigenvalue weighted by Gasteiger charge is 2.28. The first-order valence-electron chi connectivity index (χ1n) is 16.2. The van der Waals surface area contributed by atoms with Crippen LogP contribution in [0.4, 0.5) is 0 Å². The molecule has 2 atom stereocenters. The Bertz CT molecular complexity index is 1320. The summed E-state index contributed by atoms with van der Waals surface area (Å²) >= 11 is 0. The van der Waals surface area contributed by atoms with Crippen LogP contribution in [0.1, 0.15) is 80.9 Å². The number of nitrogens with zero attached hydrogens (tertiary/aromatic N) is 2. The fourth-order valence-electron chi connectivity index (χ4n) is 6.17. The van der Waals surface area contributed by atoms with Gasteiger partial charge in [0.2, 0.25) is 0 Å². The Morgan fingerprint density at radius 2 is 1.45 bits per heavy atom. The quantitative estimate of drug-likeness (QED) is 0.139. The number of aryl methyl sites for hydroxylation is 2. The predicted molar refractivity (Wildman–Crippen MR) is 175 cm³/mol. The van der Waals surface area contributed by atoms with Crippen molar-refractivity contribution < 1.29 is 4.74 Å². The molecule has 0 saturated carbocycles. The number of benzene rings is 3. The van der Waals surface area contributed by atoms with Gasteiger partial charge in [-0.25, -0.2) is 0 Å². The molecule has 4 heteroatoms. The van der Waals surface area contributed by atoms with Crippen molar-refractivity contribution in [2.75, 3.05) is 19.8 Å². The van der Waals surface area contributed by atoms with Crippen LogP contribution in [0.15, 0.2) is 91.0 Å². The molecule has 0 radical (unpaired) electrons. The molecule has 0 unspecified atom stereocenters. The van der Waals surface area contributed by atoms with Gasteiger partial charge in [0.1, 0.15) is 0 Å². The monoisotopic (exact) mass is 561 g/mol. The van der Waals surface area contributed by atoms with E-state index in [-0.39, 0.29) is 0 Å². The van der Waals surface area contributed by atoms with Crippen LogP contribution >= 0.6 is 0 Å². The Balaban J connectivity index is 1.11. The lowest BCUT2D eigenvalue weighted by atomic mass is 9.91. The highest BCUT2D eigenvalue weighted by atomic mass is 16.5. The van der Waals surface area contributed by atoms with Gasteiger partial charge in [-0.3, -0.25) is 0 Å². The molecule has 5 rings (SSSR count). The minimum atomic E-state index is 0.376. The highest BCUT2D eigenvalue weighted by Crippen LogP contribution is 2.29. The number of aromatic nitrogens is 2. The molecule has 0 spiro atoms. The average Bonchev–Trinajstić information content (AvgIpc) is 3.52. The molecule has 1 N–H and O–H groups in total. The molecule has 4 aromatic rings. The van der Waals surface area contributed by atoms with E-state index >= 15 is 0 Å². The molecule has 1 aliphatic heterocycles. The molecule has 0 aliphatic carbocycles. The van der Waals surface area contributed by atoms with Gasteiger partial charge >= 0.3 is 0 Å². The van der Waals surface area contributed by atoms with Crippen LogP contribution in [0.25, 0.3) is 22.5 Å². The molecule has 1 aliphatic rings. The van der Waals surface area contributed by atoms with Crippen molar-refractivity contribution in [3.8, 4) is 22.5 Å². The van der Waals surface area contributed by atoms with Crippen LogP contribution in [0, 0.1) is 0 Å². The van der Waals surface area contributed by atoms with Crippen molar-refractivity contribution in [1.29, 1.82) is 0 Å². The van der Waals surface area contributed by atoms with E-state index < -0.39 is 0 Å². The zero-order valence-electron chi connectivity index (χ0n) is 25.3. The van der Waals surface area contributed by atoms with Crippen LogP contribution in [-0.2, 0) is 17.6 Å². The molecule has 0 amide bonds. The highest BCUT2D eigenvalue weighted by molar-refractivity contribution is 5.67. The van der Waals surface area contributed by atoms with Gasteiger partial charge < -0.3 is 10.1 Å². The van der Waals surface area contributed by atoms with Gasteiger partial charge in [-0.15, -0.1) is 10.2 Å². The maximum absolute atomic E-state index is 6.27. The van der Waals surface area contributed by atoms with Crippen LogP contribution in [0.3, 0.4) is 0 Å². The molecule has 220 valence electrons. The van der Waals surface area contributed by atoms with Crippen molar-refractivity contribution in [2.45, 2.75) is 83.1 Å². The molecule has 4 nitrogen and oxygen atoms in total. The maximum atomic E-state index is 6.27. The number of unbranched alkanes of at least 4 members (excludes halogenated alkanes) is 5. The molecular formula is C38H47N3O. The van der Waals surface area contributed by atoms with Crippen molar-refractivity contribution in [3.05, 3.63) is 108 Å². The largest absolute Gasteiger partial charge is 0.380 e. The van der Waals surface area contributed by atoms with Gasteiger partial charge in [-0.2, -0.15) is 0 Å². The maximum Gasteiger partial charge on any atom is 0.0962 e. The second-order valence-corrected chi connectivity index (χ2v) is 11.7. The summed E-state index contributed by atoms with van der Waals surface area (Å²) in [5.41, 5.74) is 8.23. The van der Waals surface area contributed by atoms with E-state index in [1.807, 2.05) is 24.3 Å². The van der Waals surface area contributed by atoms with Crippen molar-refractivity contribution >= 4 is 0 Å². The molecule has 1 saturated heterocycles. The Labute approximate surface area is 253 Å². The third-order valence-electron chi connectivity index (χ3n) is 8.60. The average molecular weight is 562 g/mol. The summed E-state index contributed by atoms with van der Waals surface area (Å²) in [6.07, 6.45) is 12.4. The third-order valence-corrected chi connectivity index (χ3v) is 8.60. The zero-order valence-corrected chi connectivity index (χ0v) is 25.3. The SMILES string of the molecule is CCCCCCCCc1ccc([C@H]2CCN[C@@H]2COCCCc2cc(-c3ccccc3)nnc2-c2ccccc2)cc1. The number of ether oxygens (including phenoxy) is 1. The van der Waals surface area contributed by atoms with Crippen LogP contribution in [0.2, 0.25) is 0 Å². The fourth-order valence-corrected chi connectivity index (χ4v) is 6.17. The van der Waals surface area contributed by atoms with Gasteiger partial charge in [0.05, 0.1) is 18.0 Å². The smallest absolute Gasteiger partial charge is 0.0962 e. The normalized spacial score (nSPS) is 16.6. The van der Waals surface area contributed by atoms with Crippen LogP contribution < -0.4 is 5.32 Å². The standard InChI is InChI=1S/C38H47N3O/c1-2-3-4-5-6-9-15-30-21-23-31(24-22-30)35-25-26-39-37(35)29-42-27-14-20-34-28-36(32-16-10-7-11-17-32)40-41-38(34)33-18-12-8-13-19-33/h7-8,10-13,16-19,21-24,28,35,37,39H,2-6,9,14-15,20,25-27,29H2,1H3/t35-,37-/m1/s1. The van der Waals surface area contributed by atoms with Gasteiger partial charge in [0, 0.05) is 29.7 Å². The second-order valence-electron chi connectivity index (χ2n) is 11.7. The van der Waals surface area contributed by atoms with E-state index in [9.17, 15) is 0 Å². The van der Waals surface area contributed by atoms with E-state index in [0.29, 0.717) is 12.0 Å². The van der Waals surface area contributed by atoms with E-state index in [1.54, 1.807) is 0 Å². The second kappa shape index (κ2) is 16.3. The van der Waals surface area contributed by atoms with E-state index in [0.717, 1.165) is 55.1 Å². The summed E-state index contributed by atoms with van der Waals surface area (Å²) in [5.74, 6) is 0.524. The van der Waals surface area contributed by atoms with E-state index in [1.165, 1.54) is 68.1 Å².